The number of nitrogens with one attached hydrogen (secondary N) is 1. The Hall–Kier alpha value is -2.98. The Kier molecular flexibility index (Phi) is 7.79. The van der Waals surface area contributed by atoms with E-state index in [1.165, 1.54) is 12.8 Å². The molecule has 4 rings (SSSR count). The smallest absolute Gasteiger partial charge is 0.252 e. The lowest BCUT2D eigenvalue weighted by molar-refractivity contribution is 0.109. The second-order valence-electron chi connectivity index (χ2n) is 8.71. The van der Waals surface area contributed by atoms with E-state index in [0.29, 0.717) is 42.8 Å². The van der Waals surface area contributed by atoms with Gasteiger partial charge < -0.3 is 19.2 Å². The molecule has 0 spiro atoms. The lowest BCUT2D eigenvalue weighted by atomic mass is 10.0. The van der Waals surface area contributed by atoms with Crippen molar-refractivity contribution in [3.63, 3.8) is 0 Å². The Morgan fingerprint density at radius 2 is 1.88 bits per heavy atom. The van der Waals surface area contributed by atoms with Crippen molar-refractivity contribution < 1.29 is 14.2 Å². The van der Waals surface area contributed by atoms with Crippen LogP contribution in [0.2, 0.25) is 0 Å². The van der Waals surface area contributed by atoms with Crippen LogP contribution in [0.5, 0.6) is 11.5 Å². The molecule has 2 aromatic heterocycles. The molecule has 34 heavy (non-hydrogen) atoms. The monoisotopic (exact) mass is 470 g/mol. The molecule has 0 aliphatic heterocycles. The summed E-state index contributed by atoms with van der Waals surface area (Å²) in [5.41, 5.74) is 1.33. The lowest BCUT2D eigenvalue weighted by Gasteiger charge is -2.35. The van der Waals surface area contributed by atoms with Gasteiger partial charge in [-0.3, -0.25) is 9.69 Å². The molecule has 10 nitrogen and oxygen atoms in total. The van der Waals surface area contributed by atoms with Crippen LogP contribution in [0.15, 0.2) is 23.0 Å². The van der Waals surface area contributed by atoms with Gasteiger partial charge in [0.2, 0.25) is 0 Å². The fourth-order valence-electron chi connectivity index (χ4n) is 4.97. The van der Waals surface area contributed by atoms with Crippen molar-refractivity contribution in [2.45, 2.75) is 64.2 Å². The number of tetrazole rings is 1. The van der Waals surface area contributed by atoms with Gasteiger partial charge in [-0.2, -0.15) is 0 Å². The zero-order chi connectivity index (χ0) is 24.1. The minimum Gasteiger partial charge on any atom is -0.493 e. The zero-order valence-electron chi connectivity index (χ0n) is 20.4. The maximum atomic E-state index is 13.1. The van der Waals surface area contributed by atoms with E-state index in [-0.39, 0.29) is 11.6 Å². The molecule has 0 unspecified atom stereocenters. The number of fused-ring (bicyclic) bond motifs is 1. The predicted octanol–water partition coefficient (Wildman–Crippen LogP) is 3.07. The van der Waals surface area contributed by atoms with Crippen molar-refractivity contribution in [2.24, 2.45) is 0 Å². The van der Waals surface area contributed by atoms with Crippen LogP contribution in [0.3, 0.4) is 0 Å². The van der Waals surface area contributed by atoms with Crippen LogP contribution in [0.1, 0.15) is 56.5 Å². The topological polar surface area (TPSA) is 107 Å². The highest BCUT2D eigenvalue weighted by Crippen LogP contribution is 2.34. The van der Waals surface area contributed by atoms with E-state index >= 15 is 0 Å². The standard InChI is InChI=1S/C24H34N6O4/c1-5-20(23-26-27-28-30(23)10-11-32-2)29(18-8-6-7-9-18)15-17-12-16-13-21(33-3)22(34-4)14-19(16)25-24(17)31/h12-14,18,20H,5-11,15H2,1-4H3,(H,25,31)/t20-/m0/s1. The van der Waals surface area contributed by atoms with Crippen molar-refractivity contribution in [1.29, 1.82) is 0 Å². The first-order chi connectivity index (χ1) is 16.6. The van der Waals surface area contributed by atoms with Gasteiger partial charge >= 0.3 is 0 Å². The van der Waals surface area contributed by atoms with Gasteiger partial charge in [0.1, 0.15) is 0 Å². The SMILES string of the molecule is CC[C@@H](c1nnnn1CCOC)N(Cc1cc2cc(OC)c(OC)cc2[nH]c1=O)C1CCCC1. The fraction of sp³-hybridized carbons (Fsp3) is 0.583. The van der Waals surface area contributed by atoms with Crippen molar-refractivity contribution in [3.05, 3.63) is 39.9 Å². The fourth-order valence-corrected chi connectivity index (χ4v) is 4.97. The summed E-state index contributed by atoms with van der Waals surface area (Å²) in [6.07, 6.45) is 5.42. The van der Waals surface area contributed by atoms with Crippen molar-refractivity contribution in [2.75, 3.05) is 27.9 Å². The second kappa shape index (κ2) is 11.0. The molecule has 1 aromatic carbocycles. The van der Waals surface area contributed by atoms with Crippen molar-refractivity contribution >= 4 is 10.9 Å². The van der Waals surface area contributed by atoms with Crippen LogP contribution in [-0.2, 0) is 17.8 Å². The molecule has 1 fully saturated rings. The number of hydrogen-bond donors (Lipinski definition) is 1. The Labute approximate surface area is 199 Å². The van der Waals surface area contributed by atoms with E-state index < -0.39 is 0 Å². The maximum Gasteiger partial charge on any atom is 0.252 e. The van der Waals surface area contributed by atoms with Crippen LogP contribution in [0.25, 0.3) is 10.9 Å². The van der Waals surface area contributed by atoms with Crippen molar-refractivity contribution in [3.8, 4) is 11.5 Å². The Morgan fingerprint density at radius 1 is 1.15 bits per heavy atom. The van der Waals surface area contributed by atoms with Crippen LogP contribution < -0.4 is 15.0 Å². The summed E-state index contributed by atoms with van der Waals surface area (Å²) in [7, 11) is 4.86. The number of benzene rings is 1. The van der Waals surface area contributed by atoms with Gasteiger partial charge in [-0.25, -0.2) is 4.68 Å². The summed E-state index contributed by atoms with van der Waals surface area (Å²) in [4.78, 5) is 18.6. The number of H-pyrrole nitrogens is 1. The number of hydrogen-bond acceptors (Lipinski definition) is 8. The van der Waals surface area contributed by atoms with Crippen LogP contribution in [0, 0.1) is 0 Å². The summed E-state index contributed by atoms with van der Waals surface area (Å²) in [5.74, 6) is 2.03. The minimum atomic E-state index is -0.100. The van der Waals surface area contributed by atoms with Gasteiger partial charge in [-0.1, -0.05) is 19.8 Å². The number of rotatable bonds is 11. The molecule has 1 aliphatic carbocycles. The predicted molar refractivity (Wildman–Crippen MR) is 128 cm³/mol. The van der Waals surface area contributed by atoms with Gasteiger partial charge in [0, 0.05) is 36.7 Å². The van der Waals surface area contributed by atoms with Gasteiger partial charge in [0.15, 0.2) is 17.3 Å². The molecule has 0 saturated heterocycles. The Morgan fingerprint density at radius 3 is 2.56 bits per heavy atom. The third kappa shape index (κ3) is 4.92. The highest BCUT2D eigenvalue weighted by molar-refractivity contribution is 5.83. The van der Waals surface area contributed by atoms with Crippen LogP contribution in [0.4, 0.5) is 0 Å². The van der Waals surface area contributed by atoms with E-state index in [1.54, 1.807) is 27.4 Å². The summed E-state index contributed by atoms with van der Waals surface area (Å²) >= 11 is 0. The van der Waals surface area contributed by atoms with E-state index in [1.807, 2.05) is 16.8 Å². The number of ether oxygens (including phenoxy) is 3. The number of pyridine rings is 1. The molecule has 0 amide bonds. The average Bonchev–Trinajstić information content (AvgIpc) is 3.54. The molecule has 2 heterocycles. The highest BCUT2D eigenvalue weighted by atomic mass is 16.5. The number of nitrogens with zero attached hydrogens (tertiary/aromatic N) is 5. The molecular weight excluding hydrogens is 436 g/mol. The minimum absolute atomic E-state index is 0.00421. The number of aromatic nitrogens is 5. The summed E-state index contributed by atoms with van der Waals surface area (Å²) < 4.78 is 17.9. The molecule has 3 aromatic rings. The summed E-state index contributed by atoms with van der Waals surface area (Å²) in [6, 6.07) is 6.02. The van der Waals surface area contributed by atoms with Crippen molar-refractivity contribution in [1.82, 2.24) is 30.1 Å². The first kappa shape index (κ1) is 24.2. The Bertz CT molecular complexity index is 1150. The molecular formula is C24H34N6O4. The first-order valence-electron chi connectivity index (χ1n) is 11.9. The molecule has 10 heteroatoms. The van der Waals surface area contributed by atoms with Gasteiger partial charge in [-0.05, 0) is 41.8 Å². The van der Waals surface area contributed by atoms with Gasteiger partial charge in [0.05, 0.1) is 38.9 Å². The quantitative estimate of drug-likeness (QED) is 0.456. The van der Waals surface area contributed by atoms with E-state index in [2.05, 4.69) is 32.3 Å². The molecule has 0 bridgehead atoms. The lowest BCUT2D eigenvalue weighted by Crippen LogP contribution is -2.39. The third-order valence-electron chi connectivity index (χ3n) is 6.72. The van der Waals surface area contributed by atoms with Gasteiger partial charge in [-0.15, -0.1) is 5.10 Å². The molecule has 1 atom stereocenters. The molecule has 1 aliphatic rings. The first-order valence-corrected chi connectivity index (χ1v) is 11.9. The maximum absolute atomic E-state index is 13.1. The summed E-state index contributed by atoms with van der Waals surface area (Å²) in [6.45, 7) is 3.78. The zero-order valence-corrected chi connectivity index (χ0v) is 20.4. The number of aromatic amines is 1. The largest absolute Gasteiger partial charge is 0.493 e. The van der Waals surface area contributed by atoms with Crippen LogP contribution >= 0.6 is 0 Å². The highest BCUT2D eigenvalue weighted by Gasteiger charge is 2.32. The summed E-state index contributed by atoms with van der Waals surface area (Å²) in [5, 5.41) is 13.4. The third-order valence-corrected chi connectivity index (χ3v) is 6.72. The van der Waals surface area contributed by atoms with Gasteiger partial charge in [0.25, 0.3) is 5.56 Å². The Balaban J connectivity index is 1.72. The normalized spacial score (nSPS) is 15.3. The van der Waals surface area contributed by atoms with E-state index in [9.17, 15) is 4.79 Å². The average molecular weight is 471 g/mol. The number of methoxy groups -OCH3 is 3. The second-order valence-corrected chi connectivity index (χ2v) is 8.71. The van der Waals surface area contributed by atoms with E-state index in [0.717, 1.165) is 36.0 Å². The van der Waals surface area contributed by atoms with Crippen LogP contribution in [-0.4, -0.2) is 64.1 Å². The molecule has 184 valence electrons. The molecule has 1 saturated carbocycles. The van der Waals surface area contributed by atoms with E-state index in [4.69, 9.17) is 14.2 Å². The molecule has 1 N–H and O–H groups in total. The molecule has 0 radical (unpaired) electrons.